The fraction of sp³-hybridized carbons (Fsp3) is 0.586. The molecule has 2 rings (SSSR count). The largest absolute Gasteiger partial charge is 0.507 e. The first-order chi connectivity index (χ1) is 14.5. The number of hydrogen-bond donors (Lipinski definition) is 4. The van der Waals surface area contributed by atoms with Gasteiger partial charge in [0.05, 0.1) is 11.1 Å². The Hall–Kier alpha value is -2.04. The maximum absolute atomic E-state index is 11.6. The van der Waals surface area contributed by atoms with E-state index in [0.717, 1.165) is 11.1 Å². The minimum absolute atomic E-state index is 0.0268. The Morgan fingerprint density at radius 3 is 0.879 bits per heavy atom. The van der Waals surface area contributed by atoms with Gasteiger partial charge in [-0.25, -0.2) is 0 Å². The van der Waals surface area contributed by atoms with E-state index in [4.69, 9.17) is 0 Å². The van der Waals surface area contributed by atoms with E-state index in [2.05, 4.69) is 0 Å². The Balaban J connectivity index is 3.00. The first kappa shape index (κ1) is 27.2. The minimum Gasteiger partial charge on any atom is -0.507 e. The molecule has 33 heavy (non-hydrogen) atoms. The molecular formula is C29H44O4. The van der Waals surface area contributed by atoms with Crippen molar-refractivity contribution in [1.29, 1.82) is 0 Å². The smallest absolute Gasteiger partial charge is 0.224 e. The van der Waals surface area contributed by atoms with Crippen LogP contribution in [-0.4, -0.2) is 20.4 Å². The molecule has 0 heterocycles. The molecule has 0 spiro atoms. The molecule has 0 aliphatic heterocycles. The van der Waals surface area contributed by atoms with Crippen LogP contribution in [0.5, 0.6) is 11.5 Å². The molecule has 0 atom stereocenters. The standard InChI is InChI=1S/C29H44O4/c1-25(2,3)17-13-19(27(7,8)9)23(30)21(15-17)29(32,33)22-16-18(26(4,5)6)14-20(24(22)31)28(10,11)12/h13-16,30-33H,1-12H3. The van der Waals surface area contributed by atoms with Gasteiger partial charge in [-0.1, -0.05) is 95.2 Å². The van der Waals surface area contributed by atoms with E-state index in [-0.39, 0.29) is 33.5 Å². The number of aromatic hydroxyl groups is 2. The lowest BCUT2D eigenvalue weighted by Crippen LogP contribution is -2.31. The molecule has 0 saturated carbocycles. The summed E-state index contributed by atoms with van der Waals surface area (Å²) in [6, 6.07) is 7.15. The molecule has 0 aromatic heterocycles. The third kappa shape index (κ3) is 5.38. The lowest BCUT2D eigenvalue weighted by atomic mass is 9.75. The third-order valence-corrected chi connectivity index (χ3v) is 6.32. The summed E-state index contributed by atoms with van der Waals surface area (Å²) in [6.07, 6.45) is 0. The zero-order valence-electron chi connectivity index (χ0n) is 22.6. The van der Waals surface area contributed by atoms with Gasteiger partial charge in [0.25, 0.3) is 0 Å². The van der Waals surface area contributed by atoms with Crippen LogP contribution in [0.4, 0.5) is 0 Å². The molecule has 4 N–H and O–H groups in total. The van der Waals surface area contributed by atoms with Gasteiger partial charge in [-0.2, -0.15) is 0 Å². The summed E-state index contributed by atoms with van der Waals surface area (Å²) in [5.74, 6) is -2.94. The van der Waals surface area contributed by atoms with Crippen molar-refractivity contribution in [3.05, 3.63) is 57.6 Å². The highest BCUT2D eigenvalue weighted by atomic mass is 16.5. The average Bonchev–Trinajstić information content (AvgIpc) is 2.57. The van der Waals surface area contributed by atoms with Crippen LogP contribution >= 0.6 is 0 Å². The van der Waals surface area contributed by atoms with E-state index >= 15 is 0 Å². The van der Waals surface area contributed by atoms with Crippen LogP contribution in [0.15, 0.2) is 24.3 Å². The number of aliphatic hydroxyl groups is 2. The van der Waals surface area contributed by atoms with E-state index in [9.17, 15) is 20.4 Å². The second-order valence-electron chi connectivity index (χ2n) is 13.5. The fourth-order valence-electron chi connectivity index (χ4n) is 3.95. The molecule has 0 radical (unpaired) electrons. The van der Waals surface area contributed by atoms with E-state index in [1.165, 1.54) is 0 Å². The Morgan fingerprint density at radius 1 is 0.424 bits per heavy atom. The zero-order chi connectivity index (χ0) is 25.9. The second-order valence-corrected chi connectivity index (χ2v) is 13.5. The number of phenols is 2. The van der Waals surface area contributed by atoms with Crippen molar-refractivity contribution in [2.24, 2.45) is 0 Å². The van der Waals surface area contributed by atoms with Gasteiger partial charge in [0, 0.05) is 11.1 Å². The fourth-order valence-corrected chi connectivity index (χ4v) is 3.95. The average molecular weight is 457 g/mol. The normalized spacial score (nSPS) is 14.0. The first-order valence-electron chi connectivity index (χ1n) is 11.7. The van der Waals surface area contributed by atoms with Gasteiger partial charge in [0.2, 0.25) is 5.79 Å². The topological polar surface area (TPSA) is 80.9 Å². The summed E-state index contributed by atoms with van der Waals surface area (Å²) in [5, 5.41) is 45.7. The lowest BCUT2D eigenvalue weighted by molar-refractivity contribution is -0.134. The number of phenolic OH excluding ortho intramolecular Hbond substituents is 2. The Labute approximate surface area is 200 Å². The van der Waals surface area contributed by atoms with Gasteiger partial charge in [-0.3, -0.25) is 0 Å². The van der Waals surface area contributed by atoms with Crippen molar-refractivity contribution >= 4 is 0 Å². The predicted octanol–water partition coefficient (Wildman–Crippen LogP) is 6.47. The van der Waals surface area contributed by atoms with E-state index in [1.54, 1.807) is 12.1 Å². The predicted molar refractivity (Wildman–Crippen MR) is 136 cm³/mol. The van der Waals surface area contributed by atoms with Crippen molar-refractivity contribution in [3.63, 3.8) is 0 Å². The maximum atomic E-state index is 11.6. The number of rotatable bonds is 2. The van der Waals surface area contributed by atoms with Gasteiger partial charge < -0.3 is 20.4 Å². The molecule has 0 aliphatic carbocycles. The highest BCUT2D eigenvalue weighted by Gasteiger charge is 2.40. The first-order valence-corrected chi connectivity index (χ1v) is 11.7. The molecule has 0 fully saturated rings. The molecule has 4 heteroatoms. The van der Waals surface area contributed by atoms with Crippen molar-refractivity contribution in [2.75, 3.05) is 0 Å². The van der Waals surface area contributed by atoms with Gasteiger partial charge in [-0.15, -0.1) is 0 Å². The molecule has 0 unspecified atom stereocenters. The van der Waals surface area contributed by atoms with Crippen LogP contribution in [0, 0.1) is 0 Å². The molecule has 0 amide bonds. The summed E-state index contributed by atoms with van der Waals surface area (Å²) < 4.78 is 0. The summed E-state index contributed by atoms with van der Waals surface area (Å²) in [5.41, 5.74) is 1.51. The van der Waals surface area contributed by atoms with Gasteiger partial charge in [-0.05, 0) is 44.9 Å². The second kappa shape index (κ2) is 8.02. The van der Waals surface area contributed by atoms with E-state index < -0.39 is 16.6 Å². The molecule has 0 saturated heterocycles. The van der Waals surface area contributed by atoms with Crippen molar-refractivity contribution in [1.82, 2.24) is 0 Å². The van der Waals surface area contributed by atoms with Crippen LogP contribution in [0.3, 0.4) is 0 Å². The maximum Gasteiger partial charge on any atom is 0.224 e. The summed E-state index contributed by atoms with van der Waals surface area (Å²) >= 11 is 0. The molecule has 0 bridgehead atoms. The summed E-state index contributed by atoms with van der Waals surface area (Å²) in [7, 11) is 0. The van der Waals surface area contributed by atoms with Gasteiger partial charge in [0.1, 0.15) is 11.5 Å². The van der Waals surface area contributed by atoms with Crippen LogP contribution in [0.1, 0.15) is 116 Å². The van der Waals surface area contributed by atoms with Crippen molar-refractivity contribution in [2.45, 2.75) is 111 Å². The summed E-state index contributed by atoms with van der Waals surface area (Å²) in [4.78, 5) is 0. The van der Waals surface area contributed by atoms with Crippen molar-refractivity contribution < 1.29 is 20.4 Å². The molecule has 4 nitrogen and oxygen atoms in total. The minimum atomic E-state index is -2.60. The highest BCUT2D eigenvalue weighted by molar-refractivity contribution is 5.57. The van der Waals surface area contributed by atoms with E-state index in [0.29, 0.717) is 11.1 Å². The van der Waals surface area contributed by atoms with Crippen LogP contribution in [0.25, 0.3) is 0 Å². The van der Waals surface area contributed by atoms with Crippen LogP contribution in [-0.2, 0) is 27.4 Å². The molecular weight excluding hydrogens is 412 g/mol. The molecule has 184 valence electrons. The zero-order valence-corrected chi connectivity index (χ0v) is 22.6. The van der Waals surface area contributed by atoms with Crippen molar-refractivity contribution in [3.8, 4) is 11.5 Å². The molecule has 0 aliphatic rings. The third-order valence-electron chi connectivity index (χ3n) is 6.32. The van der Waals surface area contributed by atoms with Gasteiger partial charge >= 0.3 is 0 Å². The Morgan fingerprint density at radius 2 is 0.667 bits per heavy atom. The Bertz CT molecular complexity index is 950. The number of hydrogen-bond acceptors (Lipinski definition) is 4. The lowest BCUT2D eigenvalue weighted by Gasteiger charge is -2.34. The van der Waals surface area contributed by atoms with E-state index in [1.807, 2.05) is 95.2 Å². The molecule has 2 aromatic rings. The van der Waals surface area contributed by atoms with Gasteiger partial charge in [0.15, 0.2) is 0 Å². The highest BCUT2D eigenvalue weighted by Crippen LogP contribution is 2.47. The SMILES string of the molecule is CC(C)(C)c1cc(C(C)(C)C)c(O)c(C(O)(O)c2cc(C(C)(C)C)cc(C(C)(C)C)c2O)c1. The molecule has 2 aromatic carbocycles. The van der Waals surface area contributed by atoms with Crippen LogP contribution in [0.2, 0.25) is 0 Å². The summed E-state index contributed by atoms with van der Waals surface area (Å²) in [6.45, 7) is 24.1. The number of benzene rings is 2. The monoisotopic (exact) mass is 456 g/mol. The Kier molecular flexibility index (Phi) is 6.62. The van der Waals surface area contributed by atoms with Crippen LogP contribution < -0.4 is 0 Å². The quantitative estimate of drug-likeness (QED) is 0.390.